The Kier molecular flexibility index (Phi) is 3.87. The second-order valence-electron chi connectivity index (χ2n) is 4.32. The Morgan fingerprint density at radius 3 is 2.25 bits per heavy atom. The lowest BCUT2D eigenvalue weighted by Crippen LogP contribution is -2.18. The fraction of sp³-hybridized carbons (Fsp3) is 0.0714. The predicted molar refractivity (Wildman–Crippen MR) is 74.2 cm³/mol. The summed E-state index contributed by atoms with van der Waals surface area (Å²) in [6.07, 6.45) is 1.15. The summed E-state index contributed by atoms with van der Waals surface area (Å²) in [5.41, 5.74) is 3.39. The van der Waals surface area contributed by atoms with Crippen molar-refractivity contribution in [1.29, 1.82) is 0 Å². The molecule has 0 radical (unpaired) electrons. The summed E-state index contributed by atoms with van der Waals surface area (Å²) >= 11 is 0. The van der Waals surface area contributed by atoms with E-state index in [9.17, 15) is 13.2 Å². The van der Waals surface area contributed by atoms with Gasteiger partial charge in [0.15, 0.2) is 9.84 Å². The first-order valence-electron chi connectivity index (χ1n) is 5.77. The molecule has 0 atom stereocenters. The van der Waals surface area contributed by atoms with Crippen LogP contribution in [0, 0.1) is 0 Å². The summed E-state index contributed by atoms with van der Waals surface area (Å²) in [6, 6.07) is 13.0. The highest BCUT2D eigenvalue weighted by Gasteiger charge is 2.09. The third-order valence-electron chi connectivity index (χ3n) is 2.84. The van der Waals surface area contributed by atoms with Crippen LogP contribution in [0.25, 0.3) is 11.1 Å². The van der Waals surface area contributed by atoms with Crippen molar-refractivity contribution in [2.24, 2.45) is 0 Å². The van der Waals surface area contributed by atoms with Crippen LogP contribution < -0.4 is 5.48 Å². The molecule has 0 aliphatic carbocycles. The van der Waals surface area contributed by atoms with Gasteiger partial charge in [-0.3, -0.25) is 10.0 Å². The van der Waals surface area contributed by atoms with Crippen LogP contribution in [-0.2, 0) is 9.84 Å². The van der Waals surface area contributed by atoms with Crippen LogP contribution in [0.3, 0.4) is 0 Å². The minimum atomic E-state index is -3.26. The van der Waals surface area contributed by atoms with Gasteiger partial charge in [0.1, 0.15) is 0 Å². The normalized spacial score (nSPS) is 11.1. The van der Waals surface area contributed by atoms with Crippen molar-refractivity contribution in [2.75, 3.05) is 6.26 Å². The lowest BCUT2D eigenvalue weighted by atomic mass is 10.0. The van der Waals surface area contributed by atoms with Gasteiger partial charge in [0, 0.05) is 11.8 Å². The maximum Gasteiger partial charge on any atom is 0.274 e. The smallest absolute Gasteiger partial charge is 0.274 e. The zero-order chi connectivity index (χ0) is 14.8. The molecule has 6 heteroatoms. The van der Waals surface area contributed by atoms with E-state index in [0.717, 1.165) is 17.4 Å². The Morgan fingerprint density at radius 1 is 1.05 bits per heavy atom. The molecule has 2 aromatic carbocycles. The molecular formula is C14H13NO4S. The molecule has 0 aliphatic heterocycles. The zero-order valence-electron chi connectivity index (χ0n) is 10.7. The minimum Gasteiger partial charge on any atom is -0.288 e. The molecule has 0 saturated heterocycles. The summed E-state index contributed by atoms with van der Waals surface area (Å²) < 4.78 is 23.0. The summed E-state index contributed by atoms with van der Waals surface area (Å²) in [6.45, 7) is 0. The van der Waals surface area contributed by atoms with Gasteiger partial charge in [-0.1, -0.05) is 24.3 Å². The fourth-order valence-corrected chi connectivity index (χ4v) is 2.45. The molecular weight excluding hydrogens is 278 g/mol. The van der Waals surface area contributed by atoms with Crippen LogP contribution >= 0.6 is 0 Å². The largest absolute Gasteiger partial charge is 0.288 e. The number of hydrogen-bond donors (Lipinski definition) is 2. The van der Waals surface area contributed by atoms with Gasteiger partial charge < -0.3 is 0 Å². The van der Waals surface area contributed by atoms with Crippen molar-refractivity contribution in [3.05, 3.63) is 54.1 Å². The number of carbonyl (C=O) groups is 1. The van der Waals surface area contributed by atoms with Gasteiger partial charge in [0.05, 0.1) is 4.90 Å². The average Bonchev–Trinajstić information content (AvgIpc) is 2.46. The number of amides is 1. The van der Waals surface area contributed by atoms with Crippen LogP contribution in [0.2, 0.25) is 0 Å². The number of rotatable bonds is 3. The van der Waals surface area contributed by atoms with E-state index in [-0.39, 0.29) is 4.90 Å². The van der Waals surface area contributed by atoms with E-state index in [4.69, 9.17) is 5.21 Å². The monoisotopic (exact) mass is 291 g/mol. The van der Waals surface area contributed by atoms with E-state index < -0.39 is 15.7 Å². The number of carbonyl (C=O) groups excluding carboxylic acids is 1. The van der Waals surface area contributed by atoms with Gasteiger partial charge >= 0.3 is 0 Å². The molecule has 0 aromatic heterocycles. The van der Waals surface area contributed by atoms with E-state index in [1.165, 1.54) is 6.07 Å². The summed E-state index contributed by atoms with van der Waals surface area (Å²) in [5, 5.41) is 8.53. The molecule has 20 heavy (non-hydrogen) atoms. The second-order valence-corrected chi connectivity index (χ2v) is 6.33. The molecule has 104 valence electrons. The lowest BCUT2D eigenvalue weighted by molar-refractivity contribution is 0.0706. The predicted octanol–water partition coefficient (Wildman–Crippen LogP) is 1.88. The highest BCUT2D eigenvalue weighted by Crippen LogP contribution is 2.22. The zero-order valence-corrected chi connectivity index (χ0v) is 11.5. The van der Waals surface area contributed by atoms with E-state index in [0.29, 0.717) is 5.56 Å². The van der Waals surface area contributed by atoms with Gasteiger partial charge in [-0.15, -0.1) is 0 Å². The Balaban J connectivity index is 2.40. The molecule has 0 unspecified atom stereocenters. The molecule has 1 amide bonds. The standard InChI is InChI=1S/C14H13NO4S/c1-20(18,19)13-4-2-3-12(9-13)10-5-7-11(8-6-10)14(16)15-17/h2-9,17H,1H3,(H,15,16). The average molecular weight is 291 g/mol. The number of sulfone groups is 1. The number of nitrogens with one attached hydrogen (secondary N) is 1. The first kappa shape index (κ1) is 14.2. The third-order valence-corrected chi connectivity index (χ3v) is 3.95. The lowest BCUT2D eigenvalue weighted by Gasteiger charge is -2.05. The van der Waals surface area contributed by atoms with Crippen molar-refractivity contribution in [1.82, 2.24) is 5.48 Å². The van der Waals surface area contributed by atoms with E-state index in [1.807, 2.05) is 0 Å². The Labute approximate surface area is 116 Å². The SMILES string of the molecule is CS(=O)(=O)c1cccc(-c2ccc(C(=O)NO)cc2)c1. The molecule has 0 spiro atoms. The van der Waals surface area contributed by atoms with E-state index in [2.05, 4.69) is 0 Å². The summed E-state index contributed by atoms with van der Waals surface area (Å²) in [5.74, 6) is -0.596. The molecule has 2 rings (SSSR count). The number of hydrogen-bond acceptors (Lipinski definition) is 4. The molecule has 2 aromatic rings. The van der Waals surface area contributed by atoms with Crippen LogP contribution in [0.15, 0.2) is 53.4 Å². The first-order valence-corrected chi connectivity index (χ1v) is 7.66. The van der Waals surface area contributed by atoms with Crippen LogP contribution in [-0.4, -0.2) is 25.8 Å². The second kappa shape index (κ2) is 5.44. The number of hydroxylamine groups is 1. The summed E-state index contributed by atoms with van der Waals surface area (Å²) in [7, 11) is -3.26. The third kappa shape index (κ3) is 3.04. The minimum absolute atomic E-state index is 0.243. The van der Waals surface area contributed by atoms with E-state index in [1.54, 1.807) is 47.9 Å². The maximum absolute atomic E-state index is 11.5. The molecule has 0 fully saturated rings. The van der Waals surface area contributed by atoms with Gasteiger partial charge in [-0.05, 0) is 35.4 Å². The fourth-order valence-electron chi connectivity index (χ4n) is 1.78. The van der Waals surface area contributed by atoms with Crippen molar-refractivity contribution in [3.63, 3.8) is 0 Å². The van der Waals surface area contributed by atoms with Crippen molar-refractivity contribution >= 4 is 15.7 Å². The molecule has 5 nitrogen and oxygen atoms in total. The van der Waals surface area contributed by atoms with Gasteiger partial charge in [-0.25, -0.2) is 13.9 Å². The molecule has 2 N–H and O–H groups in total. The van der Waals surface area contributed by atoms with Crippen molar-refractivity contribution in [3.8, 4) is 11.1 Å². The molecule has 0 aliphatic rings. The summed E-state index contributed by atoms with van der Waals surface area (Å²) in [4.78, 5) is 11.4. The van der Waals surface area contributed by atoms with Gasteiger partial charge in [-0.2, -0.15) is 0 Å². The van der Waals surface area contributed by atoms with Gasteiger partial charge in [0.2, 0.25) is 0 Å². The van der Waals surface area contributed by atoms with Crippen LogP contribution in [0.1, 0.15) is 10.4 Å². The topological polar surface area (TPSA) is 83.5 Å². The molecule has 0 bridgehead atoms. The number of benzene rings is 2. The highest BCUT2D eigenvalue weighted by molar-refractivity contribution is 7.90. The maximum atomic E-state index is 11.5. The van der Waals surface area contributed by atoms with Gasteiger partial charge in [0.25, 0.3) is 5.91 Å². The van der Waals surface area contributed by atoms with Crippen molar-refractivity contribution in [2.45, 2.75) is 4.90 Å². The van der Waals surface area contributed by atoms with E-state index >= 15 is 0 Å². The molecule has 0 saturated carbocycles. The van der Waals surface area contributed by atoms with Crippen LogP contribution in [0.5, 0.6) is 0 Å². The quantitative estimate of drug-likeness (QED) is 0.668. The Bertz CT molecular complexity index is 736. The molecule has 0 heterocycles. The van der Waals surface area contributed by atoms with Crippen LogP contribution in [0.4, 0.5) is 0 Å². The highest BCUT2D eigenvalue weighted by atomic mass is 32.2. The first-order chi connectivity index (χ1) is 9.41. The van der Waals surface area contributed by atoms with Crippen molar-refractivity contribution < 1.29 is 18.4 Å². The Morgan fingerprint density at radius 2 is 1.70 bits per heavy atom. The Hall–Kier alpha value is -2.18.